The summed E-state index contributed by atoms with van der Waals surface area (Å²) in [6.45, 7) is 0. The molecule has 0 aliphatic rings. The number of fused-ring (bicyclic) bond motifs is 1. The van der Waals surface area contributed by atoms with Gasteiger partial charge >= 0.3 is 0 Å². The van der Waals surface area contributed by atoms with Gasteiger partial charge in [-0.15, -0.1) is 0 Å². The van der Waals surface area contributed by atoms with Crippen molar-refractivity contribution in [3.05, 3.63) is 133 Å². The van der Waals surface area contributed by atoms with Crippen LogP contribution in [0, 0.1) is 11.7 Å². The quantitative estimate of drug-likeness (QED) is 0.171. The van der Waals surface area contributed by atoms with Crippen LogP contribution in [0.1, 0.15) is 0 Å². The van der Waals surface area contributed by atoms with Gasteiger partial charge in [-0.2, -0.15) is 0 Å². The molecule has 3 heteroatoms. The molecule has 0 aliphatic heterocycles. The zero-order valence-corrected chi connectivity index (χ0v) is 18.9. The van der Waals surface area contributed by atoms with Crippen molar-refractivity contribution in [2.75, 3.05) is 4.90 Å². The summed E-state index contributed by atoms with van der Waals surface area (Å²) >= 11 is 0. The SMILES string of the molecule is O=P(C#CN(c1ccccc1)c1ccc2ccccc2c1)(c1ccccc1)c1ccccc1. The molecule has 0 saturated carbocycles. The Hall–Kier alpha value is -4.05. The van der Waals surface area contributed by atoms with E-state index in [0.29, 0.717) is 0 Å². The molecule has 0 saturated heterocycles. The third-order valence-corrected chi connectivity index (χ3v) is 8.03. The molecular weight excluding hydrogens is 421 g/mol. The fourth-order valence-electron chi connectivity index (χ4n) is 3.85. The average Bonchev–Trinajstić information content (AvgIpc) is 2.90. The molecule has 5 aromatic rings. The number of benzene rings is 5. The first-order valence-corrected chi connectivity index (χ1v) is 12.5. The minimum atomic E-state index is -3.17. The molecule has 5 aromatic carbocycles. The smallest absolute Gasteiger partial charge is 0.212 e. The normalized spacial score (nSPS) is 10.9. The van der Waals surface area contributed by atoms with Gasteiger partial charge in [0.2, 0.25) is 7.14 Å². The number of rotatable bonds is 4. The molecule has 0 atom stereocenters. The van der Waals surface area contributed by atoms with E-state index >= 15 is 0 Å². The summed E-state index contributed by atoms with van der Waals surface area (Å²) in [6, 6.07) is 46.8. The van der Waals surface area contributed by atoms with Crippen LogP contribution in [0.25, 0.3) is 10.8 Å². The number of nitrogens with zero attached hydrogens (tertiary/aromatic N) is 1. The molecule has 0 N–H and O–H groups in total. The molecule has 0 amide bonds. The standard InChI is InChI=1S/C30H22NOP/c32-33(29-16-6-2-7-17-29,30-18-8-3-9-19-30)23-22-31(27-14-4-1-5-15-27)28-21-20-25-12-10-11-13-26(25)24-28/h1-21,24H. The third kappa shape index (κ3) is 4.33. The molecule has 0 bridgehead atoms. The van der Waals surface area contributed by atoms with Crippen molar-refractivity contribution in [2.24, 2.45) is 0 Å². The van der Waals surface area contributed by atoms with E-state index in [9.17, 15) is 4.57 Å². The summed E-state index contributed by atoms with van der Waals surface area (Å²) in [6.07, 6.45) is 0. The largest absolute Gasteiger partial charge is 0.300 e. The van der Waals surface area contributed by atoms with Crippen LogP contribution in [0.15, 0.2) is 133 Å². The van der Waals surface area contributed by atoms with Crippen LogP contribution >= 0.6 is 7.14 Å². The van der Waals surface area contributed by atoms with Crippen LogP contribution in [-0.4, -0.2) is 0 Å². The second-order valence-corrected chi connectivity index (χ2v) is 10.2. The lowest BCUT2D eigenvalue weighted by molar-refractivity contribution is 0.593. The van der Waals surface area contributed by atoms with Gasteiger partial charge in [-0.25, -0.2) is 0 Å². The van der Waals surface area contributed by atoms with Crippen molar-refractivity contribution in [2.45, 2.75) is 0 Å². The average molecular weight is 443 g/mol. The van der Waals surface area contributed by atoms with Crippen molar-refractivity contribution < 1.29 is 4.57 Å². The van der Waals surface area contributed by atoms with Gasteiger partial charge in [0.05, 0.1) is 11.4 Å². The maximum Gasteiger partial charge on any atom is 0.212 e. The Labute approximate surface area is 194 Å². The van der Waals surface area contributed by atoms with E-state index in [0.717, 1.165) is 27.4 Å². The zero-order valence-electron chi connectivity index (χ0n) is 18.0. The lowest BCUT2D eigenvalue weighted by Crippen LogP contribution is -2.16. The van der Waals surface area contributed by atoms with Crippen LogP contribution in [0.4, 0.5) is 11.4 Å². The van der Waals surface area contributed by atoms with E-state index in [1.54, 1.807) is 0 Å². The van der Waals surface area contributed by atoms with Crippen molar-refractivity contribution in [3.8, 4) is 11.7 Å². The fourth-order valence-corrected chi connectivity index (χ4v) is 5.83. The predicted octanol–water partition coefficient (Wildman–Crippen LogP) is 6.91. The first-order chi connectivity index (χ1) is 16.2. The van der Waals surface area contributed by atoms with Gasteiger partial charge in [-0.3, -0.25) is 9.46 Å². The maximum absolute atomic E-state index is 14.4. The van der Waals surface area contributed by atoms with E-state index in [-0.39, 0.29) is 0 Å². The maximum atomic E-state index is 14.4. The van der Waals surface area contributed by atoms with Crippen LogP contribution in [0.5, 0.6) is 0 Å². The summed E-state index contributed by atoms with van der Waals surface area (Å²) < 4.78 is 14.4. The summed E-state index contributed by atoms with van der Waals surface area (Å²) in [5, 5.41) is 3.76. The topological polar surface area (TPSA) is 20.3 Å². The minimum absolute atomic E-state index is 0.732. The first kappa shape index (κ1) is 20.8. The molecule has 0 radical (unpaired) electrons. The Bertz CT molecular complexity index is 1440. The number of hydrogen-bond acceptors (Lipinski definition) is 2. The molecule has 0 unspecified atom stereocenters. The van der Waals surface area contributed by atoms with E-state index in [2.05, 4.69) is 42.0 Å². The van der Waals surface area contributed by atoms with Crippen molar-refractivity contribution in [1.82, 2.24) is 0 Å². The molecule has 2 nitrogen and oxygen atoms in total. The van der Waals surface area contributed by atoms with Gasteiger partial charge in [0.25, 0.3) is 0 Å². The van der Waals surface area contributed by atoms with Gasteiger partial charge in [-0.1, -0.05) is 109 Å². The van der Waals surface area contributed by atoms with Gasteiger partial charge in [0, 0.05) is 16.7 Å². The molecule has 0 aromatic heterocycles. The Morgan fingerprint density at radius 3 is 1.64 bits per heavy atom. The van der Waals surface area contributed by atoms with Crippen LogP contribution in [-0.2, 0) is 4.57 Å². The first-order valence-electron chi connectivity index (χ1n) is 10.8. The summed E-state index contributed by atoms with van der Waals surface area (Å²) in [4.78, 5) is 1.92. The van der Waals surface area contributed by atoms with Crippen molar-refractivity contribution in [3.63, 3.8) is 0 Å². The second-order valence-electron chi connectivity index (χ2n) is 7.71. The van der Waals surface area contributed by atoms with Gasteiger partial charge < -0.3 is 0 Å². The van der Waals surface area contributed by atoms with Crippen LogP contribution in [0.2, 0.25) is 0 Å². The Morgan fingerprint density at radius 2 is 1.03 bits per heavy atom. The summed E-state index contributed by atoms with van der Waals surface area (Å²) in [5.74, 6) is 0. The number of para-hydroxylation sites is 1. The highest BCUT2D eigenvalue weighted by Gasteiger charge is 2.25. The van der Waals surface area contributed by atoms with Gasteiger partial charge in [0.15, 0.2) is 0 Å². The van der Waals surface area contributed by atoms with Crippen molar-refractivity contribution in [1.29, 1.82) is 0 Å². The number of hydrogen-bond donors (Lipinski definition) is 0. The predicted molar refractivity (Wildman–Crippen MR) is 140 cm³/mol. The molecule has 158 valence electrons. The Kier molecular flexibility index (Phi) is 5.81. The zero-order chi connectivity index (χ0) is 22.5. The highest BCUT2D eigenvalue weighted by molar-refractivity contribution is 7.83. The van der Waals surface area contributed by atoms with E-state index < -0.39 is 7.14 Å². The van der Waals surface area contributed by atoms with E-state index in [1.807, 2.05) is 108 Å². The minimum Gasteiger partial charge on any atom is -0.300 e. The molecule has 0 aliphatic carbocycles. The molecule has 5 rings (SSSR count). The highest BCUT2D eigenvalue weighted by atomic mass is 31.2. The molecule has 0 spiro atoms. The molecule has 0 fully saturated rings. The van der Waals surface area contributed by atoms with Crippen LogP contribution < -0.4 is 15.5 Å². The third-order valence-electron chi connectivity index (χ3n) is 5.56. The van der Waals surface area contributed by atoms with Gasteiger partial charge in [0.1, 0.15) is 0 Å². The monoisotopic (exact) mass is 443 g/mol. The fraction of sp³-hybridized carbons (Fsp3) is 0. The molecule has 0 heterocycles. The summed E-state index contributed by atoms with van der Waals surface area (Å²) in [5.41, 5.74) is 5.06. The lowest BCUT2D eigenvalue weighted by Gasteiger charge is -2.19. The van der Waals surface area contributed by atoms with Gasteiger partial charge in [-0.05, 0) is 40.7 Å². The van der Waals surface area contributed by atoms with Crippen LogP contribution in [0.3, 0.4) is 0 Å². The Balaban J connectivity index is 1.68. The highest BCUT2D eigenvalue weighted by Crippen LogP contribution is 2.42. The lowest BCUT2D eigenvalue weighted by atomic mass is 10.1. The molecular formula is C30H22NOP. The molecule has 33 heavy (non-hydrogen) atoms. The van der Waals surface area contributed by atoms with Crippen molar-refractivity contribution >= 4 is 39.9 Å². The summed E-state index contributed by atoms with van der Waals surface area (Å²) in [7, 11) is -3.17. The number of anilines is 2. The Morgan fingerprint density at radius 1 is 0.515 bits per heavy atom. The van der Waals surface area contributed by atoms with E-state index in [4.69, 9.17) is 0 Å². The van der Waals surface area contributed by atoms with E-state index in [1.165, 1.54) is 5.39 Å². The second kappa shape index (κ2) is 9.21.